The van der Waals surface area contributed by atoms with Crippen molar-refractivity contribution in [2.75, 3.05) is 0 Å². The van der Waals surface area contributed by atoms with E-state index in [2.05, 4.69) is 121 Å². The van der Waals surface area contributed by atoms with E-state index in [4.69, 9.17) is 4.42 Å². The Morgan fingerprint density at radius 3 is 1.79 bits per heavy atom. The van der Waals surface area contributed by atoms with Crippen LogP contribution >= 0.6 is 0 Å². The van der Waals surface area contributed by atoms with Crippen LogP contribution in [-0.4, -0.2) is 0 Å². The fraction of sp³-hybridized carbons (Fsp3) is 0. The molecule has 0 saturated heterocycles. The highest BCUT2D eigenvalue weighted by atomic mass is 16.3. The summed E-state index contributed by atoms with van der Waals surface area (Å²) in [7, 11) is 0. The highest BCUT2D eigenvalue weighted by Crippen LogP contribution is 2.41. The van der Waals surface area contributed by atoms with E-state index >= 15 is 0 Å². The standard InChI is InChI=1S/C38H22O/c1-2-10-35-32(7-1)34-9-4-8-31(38(34)39-35)29-16-14-26-21-28(15-13-27(26)22-29)30-19-17-25-12-11-23-5-3-6-24-18-20-33(30)37(25)36(23)24/h1-22H. The lowest BCUT2D eigenvalue weighted by molar-refractivity contribution is 0.670. The molecule has 0 fully saturated rings. The van der Waals surface area contributed by atoms with E-state index in [0.29, 0.717) is 0 Å². The lowest BCUT2D eigenvalue weighted by Gasteiger charge is -2.14. The van der Waals surface area contributed by atoms with E-state index in [1.165, 1.54) is 59.8 Å². The predicted octanol–water partition coefficient (Wildman–Crippen LogP) is 11.0. The molecule has 8 aromatic carbocycles. The van der Waals surface area contributed by atoms with Gasteiger partial charge in [0, 0.05) is 16.3 Å². The maximum absolute atomic E-state index is 6.32. The van der Waals surface area contributed by atoms with E-state index in [0.717, 1.165) is 27.5 Å². The van der Waals surface area contributed by atoms with Gasteiger partial charge in [-0.1, -0.05) is 115 Å². The summed E-state index contributed by atoms with van der Waals surface area (Å²) >= 11 is 0. The third-order valence-corrected chi connectivity index (χ3v) is 8.40. The van der Waals surface area contributed by atoms with Crippen LogP contribution in [0.3, 0.4) is 0 Å². The molecule has 0 amide bonds. The molecular formula is C38H22O. The van der Waals surface area contributed by atoms with E-state index in [1.807, 2.05) is 12.1 Å². The van der Waals surface area contributed by atoms with Gasteiger partial charge in [-0.15, -0.1) is 0 Å². The van der Waals surface area contributed by atoms with Crippen molar-refractivity contribution in [2.24, 2.45) is 0 Å². The second-order valence-electron chi connectivity index (χ2n) is 10.5. The largest absolute Gasteiger partial charge is 0.455 e. The van der Waals surface area contributed by atoms with Crippen molar-refractivity contribution in [3.05, 3.63) is 133 Å². The van der Waals surface area contributed by atoms with Crippen LogP contribution < -0.4 is 0 Å². The predicted molar refractivity (Wildman–Crippen MR) is 166 cm³/mol. The molecule has 0 spiro atoms. The minimum Gasteiger partial charge on any atom is -0.455 e. The summed E-state index contributed by atoms with van der Waals surface area (Å²) in [5.74, 6) is 0. The maximum Gasteiger partial charge on any atom is 0.143 e. The normalized spacial score (nSPS) is 12.1. The van der Waals surface area contributed by atoms with E-state index in [-0.39, 0.29) is 0 Å². The topological polar surface area (TPSA) is 13.1 Å². The van der Waals surface area contributed by atoms with Gasteiger partial charge in [0.25, 0.3) is 0 Å². The first-order valence-electron chi connectivity index (χ1n) is 13.4. The van der Waals surface area contributed by atoms with E-state index < -0.39 is 0 Å². The summed E-state index contributed by atoms with van der Waals surface area (Å²) in [5, 5.41) is 12.7. The molecule has 1 heteroatoms. The second kappa shape index (κ2) is 7.69. The molecule has 0 aliphatic carbocycles. The van der Waals surface area contributed by atoms with E-state index in [9.17, 15) is 0 Å². The third-order valence-electron chi connectivity index (χ3n) is 8.40. The zero-order chi connectivity index (χ0) is 25.5. The van der Waals surface area contributed by atoms with Gasteiger partial charge in [0.2, 0.25) is 0 Å². The average Bonchev–Trinajstić information content (AvgIpc) is 3.38. The Morgan fingerprint density at radius 1 is 0.359 bits per heavy atom. The summed E-state index contributed by atoms with van der Waals surface area (Å²) in [4.78, 5) is 0. The van der Waals surface area contributed by atoms with Gasteiger partial charge in [0.15, 0.2) is 0 Å². The van der Waals surface area contributed by atoms with Crippen LogP contribution in [0.15, 0.2) is 138 Å². The highest BCUT2D eigenvalue weighted by Gasteiger charge is 2.14. The Hall–Kier alpha value is -5.14. The van der Waals surface area contributed by atoms with Crippen LogP contribution in [0, 0.1) is 0 Å². The third kappa shape index (κ3) is 2.96. The molecule has 1 aromatic heterocycles. The Bertz CT molecular complexity index is 2370. The smallest absolute Gasteiger partial charge is 0.143 e. The van der Waals surface area contributed by atoms with E-state index in [1.54, 1.807) is 0 Å². The number of hydrogen-bond donors (Lipinski definition) is 0. The summed E-state index contributed by atoms with van der Waals surface area (Å²) in [6.45, 7) is 0. The van der Waals surface area contributed by atoms with Gasteiger partial charge in [-0.2, -0.15) is 0 Å². The number of furan rings is 1. The zero-order valence-electron chi connectivity index (χ0n) is 21.1. The summed E-state index contributed by atoms with van der Waals surface area (Å²) < 4.78 is 6.32. The number of hydrogen-bond acceptors (Lipinski definition) is 1. The van der Waals surface area contributed by atoms with Crippen LogP contribution in [-0.2, 0) is 0 Å². The molecule has 9 rings (SSSR count). The molecule has 9 aromatic rings. The molecule has 1 heterocycles. The zero-order valence-corrected chi connectivity index (χ0v) is 21.1. The van der Waals surface area contributed by atoms with Crippen molar-refractivity contribution in [2.45, 2.75) is 0 Å². The molecule has 180 valence electrons. The van der Waals surface area contributed by atoms with Gasteiger partial charge in [0.05, 0.1) is 0 Å². The van der Waals surface area contributed by atoms with Gasteiger partial charge in [-0.05, 0) is 78.0 Å². The van der Waals surface area contributed by atoms with Crippen LogP contribution in [0.2, 0.25) is 0 Å². The van der Waals surface area contributed by atoms with Gasteiger partial charge < -0.3 is 4.42 Å². The molecular weight excluding hydrogens is 472 g/mol. The molecule has 0 radical (unpaired) electrons. The first-order valence-corrected chi connectivity index (χ1v) is 13.4. The van der Waals surface area contributed by atoms with Crippen molar-refractivity contribution in [1.82, 2.24) is 0 Å². The molecule has 39 heavy (non-hydrogen) atoms. The van der Waals surface area contributed by atoms with Crippen molar-refractivity contribution < 1.29 is 4.42 Å². The van der Waals surface area contributed by atoms with Crippen molar-refractivity contribution in [3.8, 4) is 22.3 Å². The number of benzene rings is 8. The minimum absolute atomic E-state index is 0.929. The Kier molecular flexibility index (Phi) is 4.11. The Morgan fingerprint density at radius 2 is 0.974 bits per heavy atom. The lowest BCUT2D eigenvalue weighted by Crippen LogP contribution is -1.87. The first-order chi connectivity index (χ1) is 19.3. The molecule has 0 aliphatic heterocycles. The van der Waals surface area contributed by atoms with Crippen LogP contribution in [0.1, 0.15) is 0 Å². The summed E-state index contributed by atoms with van der Waals surface area (Å²) in [6, 6.07) is 48.5. The number of fused-ring (bicyclic) bond motifs is 4. The summed E-state index contributed by atoms with van der Waals surface area (Å²) in [5.41, 5.74) is 6.69. The SMILES string of the molecule is c1cc2ccc3ccc(-c4ccc5cc(-c6cccc7c6oc6ccccc67)ccc5c4)c4ccc(c1)c2c34. The Balaban J connectivity index is 1.21. The molecule has 0 bridgehead atoms. The average molecular weight is 495 g/mol. The molecule has 0 unspecified atom stereocenters. The maximum atomic E-state index is 6.32. The number of rotatable bonds is 2. The van der Waals surface area contributed by atoms with Crippen LogP contribution in [0.25, 0.3) is 87.3 Å². The van der Waals surface area contributed by atoms with Crippen LogP contribution in [0.5, 0.6) is 0 Å². The van der Waals surface area contributed by atoms with Crippen molar-refractivity contribution in [3.63, 3.8) is 0 Å². The van der Waals surface area contributed by atoms with Crippen molar-refractivity contribution >= 4 is 65.0 Å². The molecule has 1 nitrogen and oxygen atoms in total. The molecule has 0 aliphatic rings. The first kappa shape index (κ1) is 20.9. The monoisotopic (exact) mass is 494 g/mol. The quantitative estimate of drug-likeness (QED) is 0.218. The summed E-state index contributed by atoms with van der Waals surface area (Å²) in [6.07, 6.45) is 0. The van der Waals surface area contributed by atoms with Gasteiger partial charge in [-0.25, -0.2) is 0 Å². The van der Waals surface area contributed by atoms with Gasteiger partial charge in [0.1, 0.15) is 11.2 Å². The van der Waals surface area contributed by atoms with Crippen LogP contribution in [0.4, 0.5) is 0 Å². The number of para-hydroxylation sites is 2. The second-order valence-corrected chi connectivity index (χ2v) is 10.5. The molecule has 0 N–H and O–H groups in total. The fourth-order valence-electron chi connectivity index (χ4n) is 6.54. The Labute approximate surface area is 224 Å². The molecule has 0 atom stereocenters. The molecule has 0 saturated carbocycles. The van der Waals surface area contributed by atoms with Crippen molar-refractivity contribution in [1.29, 1.82) is 0 Å². The lowest BCUT2D eigenvalue weighted by atomic mass is 9.89. The fourth-order valence-corrected chi connectivity index (χ4v) is 6.54. The van der Waals surface area contributed by atoms with Gasteiger partial charge in [-0.3, -0.25) is 0 Å². The highest BCUT2D eigenvalue weighted by molar-refractivity contribution is 6.25. The van der Waals surface area contributed by atoms with Gasteiger partial charge >= 0.3 is 0 Å². The minimum atomic E-state index is 0.929.